The predicted octanol–water partition coefficient (Wildman–Crippen LogP) is 4.96. The van der Waals surface area contributed by atoms with Gasteiger partial charge in [-0.3, -0.25) is 4.79 Å². The van der Waals surface area contributed by atoms with Crippen molar-refractivity contribution < 1.29 is 4.79 Å². The first-order valence-corrected chi connectivity index (χ1v) is 8.59. The summed E-state index contributed by atoms with van der Waals surface area (Å²) in [6.07, 6.45) is 0. The van der Waals surface area contributed by atoms with E-state index in [1.54, 1.807) is 49.4 Å². The minimum Gasteiger partial charge on any atom is -0.340 e. The van der Waals surface area contributed by atoms with Gasteiger partial charge >= 0.3 is 0 Å². The fourth-order valence-electron chi connectivity index (χ4n) is 2.35. The summed E-state index contributed by atoms with van der Waals surface area (Å²) in [4.78, 5) is 20.9. The van der Waals surface area contributed by atoms with Gasteiger partial charge in [-0.05, 0) is 49.4 Å². The van der Waals surface area contributed by atoms with Crippen LogP contribution in [0.4, 0.5) is 17.2 Å². The Morgan fingerprint density at radius 1 is 1.00 bits per heavy atom. The van der Waals surface area contributed by atoms with Crippen molar-refractivity contribution in [2.75, 3.05) is 10.6 Å². The second kappa shape index (κ2) is 8.04. The van der Waals surface area contributed by atoms with Gasteiger partial charge in [0.1, 0.15) is 17.3 Å². The highest BCUT2D eigenvalue weighted by Gasteiger charge is 2.12. The van der Waals surface area contributed by atoms with Gasteiger partial charge in [0.05, 0.1) is 11.6 Å². The maximum absolute atomic E-state index is 12.5. The minimum atomic E-state index is -0.391. The molecule has 0 unspecified atom stereocenters. The van der Waals surface area contributed by atoms with Gasteiger partial charge in [0, 0.05) is 27.5 Å². The number of nitrogens with one attached hydrogen (secondary N) is 2. The molecule has 0 saturated heterocycles. The van der Waals surface area contributed by atoms with Crippen LogP contribution in [0.1, 0.15) is 21.9 Å². The zero-order valence-electron chi connectivity index (χ0n) is 14.1. The Labute approximate surface area is 165 Å². The first kappa shape index (κ1) is 18.6. The predicted molar refractivity (Wildman–Crippen MR) is 106 cm³/mol. The molecule has 134 valence electrons. The Hall–Kier alpha value is -3.14. The van der Waals surface area contributed by atoms with Crippen LogP contribution >= 0.6 is 23.2 Å². The van der Waals surface area contributed by atoms with Crippen molar-refractivity contribution in [3.8, 4) is 6.07 Å². The number of aryl methyl sites for hydroxylation is 1. The second-order valence-corrected chi connectivity index (χ2v) is 6.48. The van der Waals surface area contributed by atoms with E-state index < -0.39 is 5.91 Å². The fourth-order valence-corrected chi connectivity index (χ4v) is 2.87. The lowest BCUT2D eigenvalue weighted by Crippen LogP contribution is -2.15. The molecular formula is C19H13Cl2N5O. The third-order valence-electron chi connectivity index (χ3n) is 3.48. The van der Waals surface area contributed by atoms with E-state index in [0.717, 1.165) is 0 Å². The topological polar surface area (TPSA) is 90.7 Å². The summed E-state index contributed by atoms with van der Waals surface area (Å²) >= 11 is 12.0. The number of halogens is 2. The molecule has 6 nitrogen and oxygen atoms in total. The molecule has 0 saturated carbocycles. The molecule has 0 fully saturated rings. The molecule has 0 bridgehead atoms. The molecule has 1 amide bonds. The summed E-state index contributed by atoms with van der Waals surface area (Å²) < 4.78 is 0. The highest BCUT2D eigenvalue weighted by Crippen LogP contribution is 2.25. The van der Waals surface area contributed by atoms with Crippen LogP contribution in [0, 0.1) is 18.3 Å². The molecule has 0 spiro atoms. The molecule has 0 atom stereocenters. The van der Waals surface area contributed by atoms with Crippen molar-refractivity contribution in [2.24, 2.45) is 0 Å². The van der Waals surface area contributed by atoms with Crippen molar-refractivity contribution in [1.82, 2.24) is 9.97 Å². The summed E-state index contributed by atoms with van der Waals surface area (Å²) in [5.41, 5.74) is 1.91. The van der Waals surface area contributed by atoms with Gasteiger partial charge in [0.2, 0.25) is 0 Å². The lowest BCUT2D eigenvalue weighted by Gasteiger charge is -2.10. The summed E-state index contributed by atoms with van der Waals surface area (Å²) in [6.45, 7) is 1.69. The molecule has 27 heavy (non-hydrogen) atoms. The number of carbonyl (C=O) groups is 1. The number of hydrogen-bond acceptors (Lipinski definition) is 5. The molecule has 0 aliphatic rings. The smallest absolute Gasteiger partial charge is 0.274 e. The minimum absolute atomic E-state index is 0.197. The average Bonchev–Trinajstić information content (AvgIpc) is 2.61. The van der Waals surface area contributed by atoms with E-state index in [9.17, 15) is 4.79 Å². The molecular weight excluding hydrogens is 385 g/mol. The zero-order valence-corrected chi connectivity index (χ0v) is 15.6. The van der Waals surface area contributed by atoms with Crippen LogP contribution in [-0.2, 0) is 0 Å². The third kappa shape index (κ3) is 4.94. The van der Waals surface area contributed by atoms with E-state index in [0.29, 0.717) is 38.6 Å². The lowest BCUT2D eigenvalue weighted by molar-refractivity contribution is 0.102. The fraction of sp³-hybridized carbons (Fsp3) is 0.0526. The zero-order chi connectivity index (χ0) is 19.4. The molecule has 0 aliphatic carbocycles. The average molecular weight is 398 g/mol. The van der Waals surface area contributed by atoms with Crippen LogP contribution in [0.5, 0.6) is 0 Å². The summed E-state index contributed by atoms with van der Waals surface area (Å²) in [5, 5.41) is 15.6. The number of nitrogens with zero attached hydrogens (tertiary/aromatic N) is 3. The van der Waals surface area contributed by atoms with Gasteiger partial charge in [-0.15, -0.1) is 0 Å². The van der Waals surface area contributed by atoms with Gasteiger partial charge in [0.15, 0.2) is 0 Å². The van der Waals surface area contributed by atoms with Crippen molar-refractivity contribution in [1.29, 1.82) is 5.26 Å². The largest absolute Gasteiger partial charge is 0.340 e. The quantitative estimate of drug-likeness (QED) is 0.648. The lowest BCUT2D eigenvalue weighted by atomic mass is 10.2. The van der Waals surface area contributed by atoms with Gasteiger partial charge in [-0.1, -0.05) is 23.2 Å². The molecule has 8 heteroatoms. The maximum Gasteiger partial charge on any atom is 0.274 e. The molecule has 3 aromatic rings. The van der Waals surface area contributed by atoms with Crippen LogP contribution in [0.3, 0.4) is 0 Å². The highest BCUT2D eigenvalue weighted by molar-refractivity contribution is 6.35. The van der Waals surface area contributed by atoms with E-state index >= 15 is 0 Å². The molecule has 2 aromatic carbocycles. The summed E-state index contributed by atoms with van der Waals surface area (Å²) in [7, 11) is 0. The van der Waals surface area contributed by atoms with Gasteiger partial charge < -0.3 is 10.6 Å². The first-order valence-electron chi connectivity index (χ1n) is 7.83. The molecule has 1 aromatic heterocycles. The number of amides is 1. The van der Waals surface area contributed by atoms with E-state index in [-0.39, 0.29) is 5.69 Å². The van der Waals surface area contributed by atoms with E-state index in [2.05, 4.69) is 20.6 Å². The maximum atomic E-state index is 12.5. The van der Waals surface area contributed by atoms with Crippen LogP contribution in [0.15, 0.2) is 48.5 Å². The summed E-state index contributed by atoms with van der Waals surface area (Å²) in [6, 6.07) is 15.1. The Bertz CT molecular complexity index is 1020. The monoisotopic (exact) mass is 397 g/mol. The number of aromatic nitrogens is 2. The van der Waals surface area contributed by atoms with Gasteiger partial charge in [-0.2, -0.15) is 5.26 Å². The Kier molecular flexibility index (Phi) is 5.55. The third-order valence-corrected chi connectivity index (χ3v) is 3.91. The Balaban J connectivity index is 1.81. The van der Waals surface area contributed by atoms with Gasteiger partial charge in [0.25, 0.3) is 5.91 Å². The standard InChI is InChI=1S/C19H13Cl2N5O/c1-11-23-17(19(27)26-15-4-2-12(10-22)3-5-15)9-18(24-11)25-16-7-13(20)6-14(21)8-16/h2-9H,1H3,(H,26,27)(H,23,24,25). The number of anilines is 3. The van der Waals surface area contributed by atoms with Gasteiger partial charge in [-0.25, -0.2) is 9.97 Å². The molecule has 1 heterocycles. The number of rotatable bonds is 4. The number of hydrogen-bond donors (Lipinski definition) is 2. The van der Waals surface area contributed by atoms with E-state index in [1.807, 2.05) is 6.07 Å². The van der Waals surface area contributed by atoms with Crippen LogP contribution in [-0.4, -0.2) is 15.9 Å². The van der Waals surface area contributed by atoms with Crippen LogP contribution in [0.2, 0.25) is 10.0 Å². The SMILES string of the molecule is Cc1nc(Nc2cc(Cl)cc(Cl)c2)cc(C(=O)Nc2ccc(C#N)cc2)n1. The first-order chi connectivity index (χ1) is 12.9. The van der Waals surface area contributed by atoms with Crippen LogP contribution < -0.4 is 10.6 Å². The van der Waals surface area contributed by atoms with Crippen LogP contribution in [0.25, 0.3) is 0 Å². The normalized spacial score (nSPS) is 10.1. The number of benzene rings is 2. The van der Waals surface area contributed by atoms with Crippen molar-refractivity contribution in [3.05, 3.63) is 75.7 Å². The van der Waals surface area contributed by atoms with Crippen molar-refractivity contribution in [2.45, 2.75) is 6.92 Å². The molecule has 2 N–H and O–H groups in total. The number of carbonyl (C=O) groups excluding carboxylic acids is 1. The second-order valence-electron chi connectivity index (χ2n) is 5.61. The molecule has 3 rings (SSSR count). The Morgan fingerprint density at radius 2 is 1.67 bits per heavy atom. The molecule has 0 aliphatic heterocycles. The highest BCUT2D eigenvalue weighted by atomic mass is 35.5. The summed E-state index contributed by atoms with van der Waals surface area (Å²) in [5.74, 6) is 0.473. The van der Waals surface area contributed by atoms with E-state index in [1.165, 1.54) is 6.07 Å². The van der Waals surface area contributed by atoms with Crippen molar-refractivity contribution >= 4 is 46.3 Å². The molecule has 0 radical (unpaired) electrons. The van der Waals surface area contributed by atoms with Crippen molar-refractivity contribution in [3.63, 3.8) is 0 Å². The van der Waals surface area contributed by atoms with E-state index in [4.69, 9.17) is 28.5 Å². The Morgan fingerprint density at radius 3 is 2.30 bits per heavy atom. The number of nitriles is 1.